The van der Waals surface area contributed by atoms with Crippen LogP contribution < -0.4 is 21.3 Å². The average molecular weight is 339 g/mol. The number of rotatable bonds is 5. The van der Waals surface area contributed by atoms with Crippen LogP contribution in [-0.2, 0) is 6.54 Å². The van der Waals surface area contributed by atoms with Crippen molar-refractivity contribution in [2.75, 3.05) is 11.9 Å². The highest BCUT2D eigenvalue weighted by molar-refractivity contribution is 9.10. The fourth-order valence-electron chi connectivity index (χ4n) is 1.72. The van der Waals surface area contributed by atoms with E-state index in [0.717, 1.165) is 17.0 Å². The summed E-state index contributed by atoms with van der Waals surface area (Å²) in [4.78, 5) is 18.0. The van der Waals surface area contributed by atoms with Gasteiger partial charge in [-0.15, -0.1) is 0 Å². The molecule has 0 atom stereocenters. The number of hydrogen-bond acceptors (Lipinski definition) is 5. The number of H-pyrrole nitrogens is 1. The number of halogens is 1. The summed E-state index contributed by atoms with van der Waals surface area (Å²) in [7, 11) is 0. The van der Waals surface area contributed by atoms with E-state index < -0.39 is 0 Å². The van der Waals surface area contributed by atoms with Crippen LogP contribution >= 0.6 is 15.9 Å². The van der Waals surface area contributed by atoms with Crippen LogP contribution in [0, 0.1) is 0 Å². The van der Waals surface area contributed by atoms with E-state index in [1.54, 1.807) is 0 Å². The Morgan fingerprint density at radius 3 is 3.00 bits per heavy atom. The molecule has 0 aliphatic rings. The molecule has 1 aromatic carbocycles. The molecular formula is C13H15BrN4O2. The largest absolute Gasteiger partial charge is 0.494 e. The minimum absolute atomic E-state index is 0.243. The first kappa shape index (κ1) is 14.5. The van der Waals surface area contributed by atoms with E-state index in [4.69, 9.17) is 10.5 Å². The second kappa shape index (κ2) is 6.53. The van der Waals surface area contributed by atoms with Crippen LogP contribution in [0.3, 0.4) is 0 Å². The molecule has 2 rings (SSSR count). The number of nitrogens with zero attached hydrogens (tertiary/aromatic N) is 1. The van der Waals surface area contributed by atoms with Crippen LogP contribution in [0.5, 0.6) is 5.75 Å². The molecule has 106 valence electrons. The topological polar surface area (TPSA) is 93.0 Å². The van der Waals surface area contributed by atoms with Gasteiger partial charge in [0.05, 0.1) is 12.9 Å². The van der Waals surface area contributed by atoms with Crippen LogP contribution in [-0.4, -0.2) is 16.6 Å². The summed E-state index contributed by atoms with van der Waals surface area (Å²) in [5.74, 6) is 1.21. The number of benzene rings is 1. The Morgan fingerprint density at radius 1 is 1.50 bits per heavy atom. The van der Waals surface area contributed by atoms with Gasteiger partial charge in [0.1, 0.15) is 10.2 Å². The molecule has 2 aromatic rings. The summed E-state index contributed by atoms with van der Waals surface area (Å²) in [6, 6.07) is 5.56. The second-order valence-corrected chi connectivity index (χ2v) is 4.77. The smallest absolute Gasteiger partial charge is 0.267 e. The lowest BCUT2D eigenvalue weighted by molar-refractivity contribution is 0.336. The molecule has 0 saturated carbocycles. The van der Waals surface area contributed by atoms with Crippen molar-refractivity contribution in [2.24, 2.45) is 5.73 Å². The lowest BCUT2D eigenvalue weighted by Gasteiger charge is -2.12. The van der Waals surface area contributed by atoms with Crippen LogP contribution in [0.2, 0.25) is 0 Å². The summed E-state index contributed by atoms with van der Waals surface area (Å²) in [5, 5.41) is 3.07. The van der Waals surface area contributed by atoms with Gasteiger partial charge in [0.15, 0.2) is 5.82 Å². The predicted octanol–water partition coefficient (Wildman–Crippen LogP) is 2.13. The highest BCUT2D eigenvalue weighted by atomic mass is 79.9. The molecule has 0 amide bonds. The van der Waals surface area contributed by atoms with Crippen LogP contribution in [0.1, 0.15) is 12.5 Å². The molecule has 20 heavy (non-hydrogen) atoms. The summed E-state index contributed by atoms with van der Waals surface area (Å²) in [6.45, 7) is 2.87. The van der Waals surface area contributed by atoms with Crippen molar-refractivity contribution in [1.29, 1.82) is 0 Å². The standard InChI is InChI=1S/C13H15BrN4O2/c1-2-20-10-4-3-9(5-8(10)6-15)18-12-11(14)13(19)17-7-16-12/h3-5,7H,2,6,15H2,1H3,(H2,16,17,18,19). The molecule has 0 aliphatic heterocycles. The fourth-order valence-corrected chi connectivity index (χ4v) is 2.04. The molecule has 0 fully saturated rings. The van der Waals surface area contributed by atoms with E-state index >= 15 is 0 Å². The van der Waals surface area contributed by atoms with E-state index in [9.17, 15) is 4.79 Å². The van der Waals surface area contributed by atoms with Gasteiger partial charge >= 0.3 is 0 Å². The molecule has 1 aromatic heterocycles. The van der Waals surface area contributed by atoms with E-state index in [-0.39, 0.29) is 5.56 Å². The van der Waals surface area contributed by atoms with Gasteiger partial charge in [0, 0.05) is 17.8 Å². The number of aromatic amines is 1. The Bertz CT molecular complexity index is 657. The van der Waals surface area contributed by atoms with Crippen molar-refractivity contribution < 1.29 is 4.74 Å². The summed E-state index contributed by atoms with van der Waals surface area (Å²) < 4.78 is 5.84. The van der Waals surface area contributed by atoms with Crippen LogP contribution in [0.25, 0.3) is 0 Å². The normalized spacial score (nSPS) is 10.3. The molecule has 0 aliphatic carbocycles. The fraction of sp³-hybridized carbons (Fsp3) is 0.231. The van der Waals surface area contributed by atoms with Gasteiger partial charge in [-0.1, -0.05) is 0 Å². The van der Waals surface area contributed by atoms with Crippen molar-refractivity contribution in [2.45, 2.75) is 13.5 Å². The molecule has 0 unspecified atom stereocenters. The van der Waals surface area contributed by atoms with Gasteiger partial charge in [0.25, 0.3) is 5.56 Å². The zero-order valence-electron chi connectivity index (χ0n) is 10.9. The van der Waals surface area contributed by atoms with Crippen molar-refractivity contribution in [1.82, 2.24) is 9.97 Å². The maximum atomic E-state index is 11.5. The van der Waals surface area contributed by atoms with Gasteiger partial charge in [-0.3, -0.25) is 4.79 Å². The quantitative estimate of drug-likeness (QED) is 0.776. The highest BCUT2D eigenvalue weighted by Crippen LogP contribution is 2.25. The summed E-state index contributed by atoms with van der Waals surface area (Å²) in [5.41, 5.74) is 7.14. The number of hydrogen-bond donors (Lipinski definition) is 3. The van der Waals surface area contributed by atoms with Crippen molar-refractivity contribution in [3.8, 4) is 5.75 Å². The lowest BCUT2D eigenvalue weighted by Crippen LogP contribution is -2.10. The zero-order valence-corrected chi connectivity index (χ0v) is 12.5. The maximum absolute atomic E-state index is 11.5. The summed E-state index contributed by atoms with van der Waals surface area (Å²) in [6.07, 6.45) is 1.34. The molecule has 1 heterocycles. The monoisotopic (exact) mass is 338 g/mol. The number of nitrogens with one attached hydrogen (secondary N) is 2. The lowest BCUT2D eigenvalue weighted by atomic mass is 10.1. The van der Waals surface area contributed by atoms with Crippen LogP contribution in [0.4, 0.5) is 11.5 Å². The molecule has 6 nitrogen and oxygen atoms in total. The van der Waals surface area contributed by atoms with E-state index in [1.807, 2.05) is 25.1 Å². The highest BCUT2D eigenvalue weighted by Gasteiger charge is 2.08. The van der Waals surface area contributed by atoms with E-state index in [1.165, 1.54) is 6.33 Å². The number of ether oxygens (including phenoxy) is 1. The summed E-state index contributed by atoms with van der Waals surface area (Å²) >= 11 is 3.19. The van der Waals surface area contributed by atoms with Gasteiger partial charge in [0.2, 0.25) is 0 Å². The van der Waals surface area contributed by atoms with Crippen molar-refractivity contribution >= 4 is 27.4 Å². The van der Waals surface area contributed by atoms with Crippen molar-refractivity contribution in [3.05, 3.63) is 44.9 Å². The Balaban J connectivity index is 2.30. The zero-order chi connectivity index (χ0) is 14.5. The van der Waals surface area contributed by atoms with Crippen molar-refractivity contribution in [3.63, 3.8) is 0 Å². The molecule has 0 spiro atoms. The number of aromatic nitrogens is 2. The number of anilines is 2. The minimum atomic E-state index is -0.243. The third-order valence-corrected chi connectivity index (χ3v) is 3.38. The molecule has 0 bridgehead atoms. The average Bonchev–Trinajstić information content (AvgIpc) is 2.45. The van der Waals surface area contributed by atoms with E-state index in [0.29, 0.717) is 23.4 Å². The van der Waals surface area contributed by atoms with Gasteiger partial charge < -0.3 is 20.8 Å². The molecule has 0 radical (unpaired) electrons. The minimum Gasteiger partial charge on any atom is -0.494 e. The first-order valence-electron chi connectivity index (χ1n) is 6.11. The van der Waals surface area contributed by atoms with E-state index in [2.05, 4.69) is 31.2 Å². The third kappa shape index (κ3) is 3.17. The second-order valence-electron chi connectivity index (χ2n) is 3.98. The molecule has 4 N–H and O–H groups in total. The van der Waals surface area contributed by atoms with Crippen LogP contribution in [0.15, 0.2) is 33.8 Å². The van der Waals surface area contributed by atoms with Gasteiger partial charge in [-0.05, 0) is 41.1 Å². The SMILES string of the molecule is CCOc1ccc(Nc2nc[nH]c(=O)c2Br)cc1CN. The number of nitrogens with two attached hydrogens (primary N) is 1. The Kier molecular flexibility index (Phi) is 4.75. The maximum Gasteiger partial charge on any atom is 0.267 e. The predicted molar refractivity (Wildman–Crippen MR) is 81.3 cm³/mol. The Morgan fingerprint density at radius 2 is 2.30 bits per heavy atom. The van der Waals surface area contributed by atoms with Gasteiger partial charge in [-0.2, -0.15) is 0 Å². The Labute approximate surface area is 124 Å². The first-order valence-corrected chi connectivity index (χ1v) is 6.91. The molecule has 7 heteroatoms. The molecule has 0 saturated heterocycles. The Hall–Kier alpha value is -1.86. The van der Waals surface area contributed by atoms with Gasteiger partial charge in [-0.25, -0.2) is 4.98 Å². The third-order valence-electron chi connectivity index (χ3n) is 2.64. The first-order chi connectivity index (χ1) is 9.65. The molecular weight excluding hydrogens is 324 g/mol.